The van der Waals surface area contributed by atoms with Crippen molar-refractivity contribution < 1.29 is 57.2 Å². The number of nitrogens with zero attached hydrogens (tertiary/aromatic N) is 4. The minimum atomic E-state index is -0.266. The molecule has 16 heteroatoms. The number of hydrogen-bond donors (Lipinski definition) is 0. The topological polar surface area (TPSA) is 171 Å². The molecule has 0 aromatic carbocycles. The van der Waals surface area contributed by atoms with Gasteiger partial charge in [-0.05, 0) is 65.5 Å². The first-order valence-corrected chi connectivity index (χ1v) is 31.8. The minimum Gasteiger partial charge on any atom is -0.466 e. The first kappa shape index (κ1) is 72.7. The van der Waals surface area contributed by atoms with Crippen LogP contribution in [0.3, 0.4) is 0 Å². The lowest BCUT2D eigenvalue weighted by Gasteiger charge is -2.44. The summed E-state index contributed by atoms with van der Waals surface area (Å²) in [6, 6.07) is 0.427. The van der Waals surface area contributed by atoms with Crippen LogP contribution in [0.4, 0.5) is 0 Å². The van der Waals surface area contributed by atoms with Crippen molar-refractivity contribution in [2.75, 3.05) is 105 Å². The SMILES string of the molecule is CCCCCCCCOC(=O)CCN(CCCC(=O)OCCN1CC(C)N(CCOC(=O)CCCN(CCC(=O)OCCCCCCCC)CCC(=O)OCCCCCCCC)CC1C)CCC(=O)OCCCCCCCC. The summed E-state index contributed by atoms with van der Waals surface area (Å²) in [5.74, 6) is -1.49. The van der Waals surface area contributed by atoms with Gasteiger partial charge in [0.2, 0.25) is 0 Å². The van der Waals surface area contributed by atoms with E-state index in [2.05, 4.69) is 51.3 Å². The van der Waals surface area contributed by atoms with E-state index in [1.165, 1.54) is 77.0 Å². The fraction of sp³-hybridized carbons (Fsp3) is 0.903. The second kappa shape index (κ2) is 51.8. The number of hydrogen-bond acceptors (Lipinski definition) is 16. The van der Waals surface area contributed by atoms with E-state index in [1.54, 1.807) is 0 Å². The molecule has 2 atom stereocenters. The number of carbonyl (C=O) groups excluding carboxylic acids is 6. The number of piperazine rings is 1. The zero-order valence-corrected chi connectivity index (χ0v) is 50.8. The Bertz CT molecular complexity index is 1330. The molecule has 2 unspecified atom stereocenters. The zero-order chi connectivity index (χ0) is 57.1. The second-order valence-electron chi connectivity index (χ2n) is 22.0. The van der Waals surface area contributed by atoms with E-state index in [9.17, 15) is 28.8 Å². The van der Waals surface area contributed by atoms with E-state index in [4.69, 9.17) is 28.4 Å². The molecule has 1 aliphatic rings. The maximum Gasteiger partial charge on any atom is 0.307 e. The lowest BCUT2D eigenvalue weighted by molar-refractivity contribution is -0.146. The Morgan fingerprint density at radius 1 is 0.308 bits per heavy atom. The third kappa shape index (κ3) is 43.5. The lowest BCUT2D eigenvalue weighted by Crippen LogP contribution is -2.57. The van der Waals surface area contributed by atoms with E-state index in [1.807, 2.05) is 9.80 Å². The van der Waals surface area contributed by atoms with Crippen LogP contribution in [0.15, 0.2) is 0 Å². The van der Waals surface area contributed by atoms with Gasteiger partial charge in [0, 0.05) is 77.3 Å². The highest BCUT2D eigenvalue weighted by Gasteiger charge is 2.29. The van der Waals surface area contributed by atoms with Crippen molar-refractivity contribution in [2.24, 2.45) is 0 Å². The first-order chi connectivity index (χ1) is 37.9. The van der Waals surface area contributed by atoms with Gasteiger partial charge >= 0.3 is 35.8 Å². The molecule has 0 amide bonds. The molecule has 0 spiro atoms. The average molecular weight is 1110 g/mol. The molecule has 1 fully saturated rings. The number of carbonyl (C=O) groups is 6. The predicted molar refractivity (Wildman–Crippen MR) is 311 cm³/mol. The number of ether oxygens (including phenoxy) is 6. The van der Waals surface area contributed by atoms with Gasteiger partial charge in [0.25, 0.3) is 0 Å². The van der Waals surface area contributed by atoms with Gasteiger partial charge in [0.15, 0.2) is 0 Å². The third-order valence-corrected chi connectivity index (χ3v) is 14.8. The van der Waals surface area contributed by atoms with Gasteiger partial charge in [0.05, 0.1) is 52.1 Å². The highest BCUT2D eigenvalue weighted by atomic mass is 16.6. The molecular formula is C62H116N4O12. The van der Waals surface area contributed by atoms with Gasteiger partial charge < -0.3 is 38.2 Å². The Morgan fingerprint density at radius 3 is 0.808 bits per heavy atom. The summed E-state index contributed by atoms with van der Waals surface area (Å²) in [6.45, 7) is 21.1. The van der Waals surface area contributed by atoms with Crippen LogP contribution in [-0.2, 0) is 57.2 Å². The standard InChI is InChI=1S/C62H116N4O12/c1-7-11-15-19-23-27-47-73-59(69)35-41-63(42-36-60(70)74-48-28-24-20-16-12-8-2)39-31-33-57(67)77-51-45-65-53-56(6)66(54-55(65)5)46-52-78-58(68)34-32-40-64(43-37-61(71)75-49-29-25-21-17-13-9-3)44-38-62(72)76-50-30-26-22-18-14-10-4/h55-56H,7-54H2,1-6H3. The molecule has 0 N–H and O–H groups in total. The molecule has 456 valence electrons. The Labute approximate surface area is 475 Å². The molecule has 0 aromatic heterocycles. The summed E-state index contributed by atoms with van der Waals surface area (Å²) in [5.41, 5.74) is 0. The third-order valence-electron chi connectivity index (χ3n) is 14.8. The number of rotatable bonds is 54. The molecular weight excluding hydrogens is 993 g/mol. The highest BCUT2D eigenvalue weighted by Crippen LogP contribution is 2.16. The average Bonchev–Trinajstić information content (AvgIpc) is 3.43. The van der Waals surface area contributed by atoms with E-state index >= 15 is 0 Å². The summed E-state index contributed by atoms with van der Waals surface area (Å²) < 4.78 is 33.4. The van der Waals surface area contributed by atoms with Crippen LogP contribution in [-0.4, -0.2) is 173 Å². The van der Waals surface area contributed by atoms with Crippen LogP contribution in [0, 0.1) is 0 Å². The van der Waals surface area contributed by atoms with Crippen molar-refractivity contribution in [2.45, 2.75) is 259 Å². The maximum absolute atomic E-state index is 12.9. The molecule has 78 heavy (non-hydrogen) atoms. The molecule has 0 saturated carbocycles. The van der Waals surface area contributed by atoms with Gasteiger partial charge in [0.1, 0.15) is 13.2 Å². The maximum atomic E-state index is 12.9. The van der Waals surface area contributed by atoms with E-state index in [0.717, 1.165) is 90.1 Å². The fourth-order valence-corrected chi connectivity index (χ4v) is 9.72. The summed E-state index contributed by atoms with van der Waals surface area (Å²) in [4.78, 5) is 84.9. The van der Waals surface area contributed by atoms with Crippen LogP contribution >= 0.6 is 0 Å². The van der Waals surface area contributed by atoms with Crippen molar-refractivity contribution >= 4 is 35.8 Å². The van der Waals surface area contributed by atoms with Crippen LogP contribution in [0.25, 0.3) is 0 Å². The lowest BCUT2D eigenvalue weighted by atomic mass is 10.1. The van der Waals surface area contributed by atoms with Gasteiger partial charge in [-0.25, -0.2) is 0 Å². The quantitative estimate of drug-likeness (QED) is 0.0320. The Balaban J connectivity index is 2.50. The van der Waals surface area contributed by atoms with E-state index < -0.39 is 0 Å². The number of esters is 6. The van der Waals surface area contributed by atoms with Gasteiger partial charge in [-0.1, -0.05) is 156 Å². The van der Waals surface area contributed by atoms with Crippen molar-refractivity contribution in [3.8, 4) is 0 Å². The summed E-state index contributed by atoms with van der Waals surface area (Å²) in [6.07, 6.45) is 29.4. The Hall–Kier alpha value is -3.34. The normalized spacial score (nSPS) is 14.9. The van der Waals surface area contributed by atoms with Crippen LogP contribution in [0.1, 0.15) is 247 Å². The second-order valence-corrected chi connectivity index (χ2v) is 22.0. The fourth-order valence-electron chi connectivity index (χ4n) is 9.72. The van der Waals surface area contributed by atoms with Gasteiger partial charge in [-0.2, -0.15) is 0 Å². The molecule has 0 bridgehead atoms. The molecule has 1 saturated heterocycles. The van der Waals surface area contributed by atoms with Gasteiger partial charge in [-0.3, -0.25) is 38.6 Å². The molecule has 1 rings (SSSR count). The molecule has 0 aromatic rings. The first-order valence-electron chi connectivity index (χ1n) is 31.8. The number of unbranched alkanes of at least 4 members (excludes halogenated alkanes) is 20. The van der Waals surface area contributed by atoms with Crippen LogP contribution in [0.2, 0.25) is 0 Å². The molecule has 0 aliphatic carbocycles. The van der Waals surface area contributed by atoms with E-state index in [0.29, 0.717) is 91.6 Å². The summed E-state index contributed by atoms with van der Waals surface area (Å²) in [5, 5.41) is 0. The van der Waals surface area contributed by atoms with Crippen molar-refractivity contribution in [1.29, 1.82) is 0 Å². The minimum absolute atomic E-state index is 0.214. The van der Waals surface area contributed by atoms with Crippen molar-refractivity contribution in [3.63, 3.8) is 0 Å². The van der Waals surface area contributed by atoms with Crippen molar-refractivity contribution in [3.05, 3.63) is 0 Å². The van der Waals surface area contributed by atoms with Crippen LogP contribution < -0.4 is 0 Å². The molecule has 16 nitrogen and oxygen atoms in total. The zero-order valence-electron chi connectivity index (χ0n) is 50.8. The highest BCUT2D eigenvalue weighted by molar-refractivity contribution is 5.71. The van der Waals surface area contributed by atoms with Crippen molar-refractivity contribution in [1.82, 2.24) is 19.6 Å². The Kier molecular flexibility index (Phi) is 48.2. The Morgan fingerprint density at radius 2 is 0.538 bits per heavy atom. The largest absolute Gasteiger partial charge is 0.466 e. The smallest absolute Gasteiger partial charge is 0.307 e. The van der Waals surface area contributed by atoms with E-state index in [-0.39, 0.29) is 99.6 Å². The molecule has 0 radical (unpaired) electrons. The predicted octanol–water partition coefficient (Wildman–Crippen LogP) is 11.8. The monoisotopic (exact) mass is 1110 g/mol. The molecule has 1 aliphatic heterocycles. The van der Waals surface area contributed by atoms with Gasteiger partial charge in [-0.15, -0.1) is 0 Å². The van der Waals surface area contributed by atoms with Crippen LogP contribution in [0.5, 0.6) is 0 Å². The summed E-state index contributed by atoms with van der Waals surface area (Å²) in [7, 11) is 0. The molecule has 1 heterocycles. The summed E-state index contributed by atoms with van der Waals surface area (Å²) >= 11 is 0.